The molecule has 0 atom stereocenters. The SMILES string of the molecule is CC(C)n1nnc2cc(-c3noc(-c4ccccc4N(C)C)n3)ccc21. The van der Waals surface area contributed by atoms with Crippen LogP contribution in [0, 0.1) is 0 Å². The molecule has 0 saturated carbocycles. The summed E-state index contributed by atoms with van der Waals surface area (Å²) in [5.41, 5.74) is 4.59. The van der Waals surface area contributed by atoms with E-state index in [4.69, 9.17) is 4.52 Å². The lowest BCUT2D eigenvalue weighted by Gasteiger charge is -2.14. The van der Waals surface area contributed by atoms with Crippen LogP contribution in [0.5, 0.6) is 0 Å². The first kappa shape index (κ1) is 16.3. The second kappa shape index (κ2) is 6.25. The topological polar surface area (TPSA) is 72.9 Å². The third-order valence-electron chi connectivity index (χ3n) is 4.26. The van der Waals surface area contributed by atoms with Crippen molar-refractivity contribution in [2.45, 2.75) is 19.9 Å². The molecule has 0 aliphatic carbocycles. The third-order valence-corrected chi connectivity index (χ3v) is 4.26. The van der Waals surface area contributed by atoms with Crippen LogP contribution in [0.3, 0.4) is 0 Å². The van der Waals surface area contributed by atoms with E-state index in [9.17, 15) is 0 Å². The van der Waals surface area contributed by atoms with Crippen LogP contribution in [-0.4, -0.2) is 39.2 Å². The lowest BCUT2D eigenvalue weighted by molar-refractivity contribution is 0.432. The number of anilines is 1. The molecule has 2 aromatic carbocycles. The maximum Gasteiger partial charge on any atom is 0.260 e. The molecule has 0 spiro atoms. The fourth-order valence-corrected chi connectivity index (χ4v) is 2.96. The molecule has 132 valence electrons. The van der Waals surface area contributed by atoms with E-state index < -0.39 is 0 Å². The lowest BCUT2D eigenvalue weighted by atomic mass is 10.1. The van der Waals surface area contributed by atoms with Crippen LogP contribution in [-0.2, 0) is 0 Å². The van der Waals surface area contributed by atoms with Gasteiger partial charge in [0.1, 0.15) is 5.52 Å². The fraction of sp³-hybridized carbons (Fsp3) is 0.263. The number of nitrogens with zero attached hydrogens (tertiary/aromatic N) is 6. The molecule has 0 N–H and O–H groups in total. The van der Waals surface area contributed by atoms with Gasteiger partial charge >= 0.3 is 0 Å². The van der Waals surface area contributed by atoms with E-state index in [0.717, 1.165) is 27.8 Å². The number of hydrogen-bond donors (Lipinski definition) is 0. The summed E-state index contributed by atoms with van der Waals surface area (Å²) in [6.07, 6.45) is 0. The Balaban J connectivity index is 1.74. The summed E-state index contributed by atoms with van der Waals surface area (Å²) < 4.78 is 7.42. The van der Waals surface area contributed by atoms with Crippen molar-refractivity contribution in [2.75, 3.05) is 19.0 Å². The van der Waals surface area contributed by atoms with E-state index in [0.29, 0.717) is 11.7 Å². The van der Waals surface area contributed by atoms with E-state index in [1.807, 2.05) is 66.1 Å². The summed E-state index contributed by atoms with van der Waals surface area (Å²) in [6, 6.07) is 14.1. The summed E-state index contributed by atoms with van der Waals surface area (Å²) in [7, 11) is 3.98. The smallest absolute Gasteiger partial charge is 0.260 e. The molecule has 0 aliphatic rings. The summed E-state index contributed by atoms with van der Waals surface area (Å²) in [5.74, 6) is 1.03. The Morgan fingerprint density at radius 2 is 1.88 bits per heavy atom. The van der Waals surface area contributed by atoms with E-state index in [1.165, 1.54) is 0 Å². The second-order valence-corrected chi connectivity index (χ2v) is 6.67. The molecule has 0 fully saturated rings. The van der Waals surface area contributed by atoms with Crippen LogP contribution in [0.2, 0.25) is 0 Å². The van der Waals surface area contributed by atoms with Gasteiger partial charge in [-0.25, -0.2) is 4.68 Å². The van der Waals surface area contributed by atoms with Crippen molar-refractivity contribution in [2.24, 2.45) is 0 Å². The average molecular weight is 348 g/mol. The van der Waals surface area contributed by atoms with E-state index in [-0.39, 0.29) is 6.04 Å². The van der Waals surface area contributed by atoms with Crippen molar-refractivity contribution in [1.82, 2.24) is 25.1 Å². The predicted molar refractivity (Wildman–Crippen MR) is 101 cm³/mol. The monoisotopic (exact) mass is 348 g/mol. The van der Waals surface area contributed by atoms with Gasteiger partial charge in [-0.05, 0) is 44.2 Å². The predicted octanol–water partition coefficient (Wildman–Crippen LogP) is 3.80. The number of rotatable bonds is 4. The van der Waals surface area contributed by atoms with Crippen molar-refractivity contribution < 1.29 is 4.52 Å². The Morgan fingerprint density at radius 1 is 1.08 bits per heavy atom. The van der Waals surface area contributed by atoms with Gasteiger partial charge in [-0.3, -0.25) is 0 Å². The number of hydrogen-bond acceptors (Lipinski definition) is 6. The van der Waals surface area contributed by atoms with Gasteiger partial charge in [-0.15, -0.1) is 5.10 Å². The molecular formula is C19H20N6O. The first-order valence-electron chi connectivity index (χ1n) is 8.50. The van der Waals surface area contributed by atoms with Crippen LogP contribution in [0.15, 0.2) is 47.0 Å². The van der Waals surface area contributed by atoms with Crippen LogP contribution >= 0.6 is 0 Å². The van der Waals surface area contributed by atoms with Gasteiger partial charge in [-0.2, -0.15) is 4.98 Å². The fourth-order valence-electron chi connectivity index (χ4n) is 2.96. The van der Waals surface area contributed by atoms with Gasteiger partial charge in [0, 0.05) is 31.4 Å². The average Bonchev–Trinajstić information content (AvgIpc) is 3.28. The minimum absolute atomic E-state index is 0.255. The minimum Gasteiger partial charge on any atom is -0.377 e. The van der Waals surface area contributed by atoms with Crippen LogP contribution in [0.1, 0.15) is 19.9 Å². The largest absolute Gasteiger partial charge is 0.377 e. The molecule has 26 heavy (non-hydrogen) atoms. The number of benzene rings is 2. The third kappa shape index (κ3) is 2.71. The maximum atomic E-state index is 5.52. The van der Waals surface area contributed by atoms with E-state index in [1.54, 1.807) is 0 Å². The summed E-state index contributed by atoms with van der Waals surface area (Å²) in [4.78, 5) is 6.61. The highest BCUT2D eigenvalue weighted by Gasteiger charge is 2.16. The molecule has 0 aliphatic heterocycles. The van der Waals surface area contributed by atoms with Gasteiger partial charge in [0.05, 0.1) is 11.1 Å². The molecule has 4 rings (SSSR count). The van der Waals surface area contributed by atoms with Crippen molar-refractivity contribution in [3.8, 4) is 22.8 Å². The molecule has 0 unspecified atom stereocenters. The number of aromatic nitrogens is 5. The Kier molecular flexibility index (Phi) is 3.91. The Bertz CT molecular complexity index is 1060. The summed E-state index contributed by atoms with van der Waals surface area (Å²) in [5, 5.41) is 12.6. The molecule has 7 heteroatoms. The summed E-state index contributed by atoms with van der Waals surface area (Å²) >= 11 is 0. The van der Waals surface area contributed by atoms with E-state index in [2.05, 4.69) is 34.3 Å². The van der Waals surface area contributed by atoms with Crippen molar-refractivity contribution in [3.63, 3.8) is 0 Å². The Hall–Kier alpha value is -3.22. The Labute approximate surface area is 151 Å². The molecule has 0 amide bonds. The van der Waals surface area contributed by atoms with E-state index >= 15 is 0 Å². The molecule has 7 nitrogen and oxygen atoms in total. The highest BCUT2D eigenvalue weighted by Crippen LogP contribution is 2.30. The molecule has 0 radical (unpaired) electrons. The summed E-state index contributed by atoms with van der Waals surface area (Å²) in [6.45, 7) is 4.16. The zero-order valence-electron chi connectivity index (χ0n) is 15.2. The Morgan fingerprint density at radius 3 is 2.65 bits per heavy atom. The van der Waals surface area contributed by atoms with Gasteiger partial charge in [0.15, 0.2) is 0 Å². The van der Waals surface area contributed by atoms with Gasteiger partial charge in [-0.1, -0.05) is 22.5 Å². The van der Waals surface area contributed by atoms with Crippen molar-refractivity contribution in [1.29, 1.82) is 0 Å². The standard InChI is InChI=1S/C19H20N6O/c1-12(2)25-17-10-9-13(11-15(17)21-23-25)18-20-19(26-22-18)14-7-5-6-8-16(14)24(3)4/h5-12H,1-4H3. The second-order valence-electron chi connectivity index (χ2n) is 6.67. The highest BCUT2D eigenvalue weighted by atomic mass is 16.5. The quantitative estimate of drug-likeness (QED) is 0.558. The molecule has 0 bridgehead atoms. The van der Waals surface area contributed by atoms with Gasteiger partial charge in [0.2, 0.25) is 5.82 Å². The zero-order valence-corrected chi connectivity index (χ0v) is 15.2. The van der Waals surface area contributed by atoms with Crippen molar-refractivity contribution in [3.05, 3.63) is 42.5 Å². The first-order chi connectivity index (χ1) is 12.5. The van der Waals surface area contributed by atoms with Crippen LogP contribution in [0.4, 0.5) is 5.69 Å². The number of fused-ring (bicyclic) bond motifs is 1. The highest BCUT2D eigenvalue weighted by molar-refractivity contribution is 5.80. The van der Waals surface area contributed by atoms with Gasteiger partial charge in [0.25, 0.3) is 5.89 Å². The van der Waals surface area contributed by atoms with Crippen LogP contribution < -0.4 is 4.90 Å². The first-order valence-corrected chi connectivity index (χ1v) is 8.50. The van der Waals surface area contributed by atoms with Gasteiger partial charge < -0.3 is 9.42 Å². The maximum absolute atomic E-state index is 5.52. The molecular weight excluding hydrogens is 328 g/mol. The molecule has 2 heterocycles. The molecule has 0 saturated heterocycles. The lowest BCUT2D eigenvalue weighted by Crippen LogP contribution is -2.09. The zero-order chi connectivity index (χ0) is 18.3. The minimum atomic E-state index is 0.255. The van der Waals surface area contributed by atoms with Crippen molar-refractivity contribution >= 4 is 16.7 Å². The molecule has 2 aromatic heterocycles. The number of para-hydroxylation sites is 1. The normalized spacial score (nSPS) is 11.4. The van der Waals surface area contributed by atoms with Crippen LogP contribution in [0.25, 0.3) is 33.9 Å². The molecule has 4 aromatic rings.